The summed E-state index contributed by atoms with van der Waals surface area (Å²) in [6.45, 7) is 9.20. The molecule has 2 atom stereocenters. The lowest BCUT2D eigenvalue weighted by Gasteiger charge is -2.48. The number of rotatable bonds is 1. The van der Waals surface area contributed by atoms with Crippen molar-refractivity contribution >= 4 is 5.91 Å². The normalized spacial score (nSPS) is 26.3. The molecular formula is C11H24N2O2. The minimum atomic E-state index is -0.348. The number of fused-ring (bicyclic) bond motifs is 2. The van der Waals surface area contributed by atoms with Crippen molar-refractivity contribution in [1.29, 1.82) is 0 Å². The second-order valence-corrected chi connectivity index (χ2v) is 3.25. The topological polar surface area (TPSA) is 52.6 Å². The average Bonchev–Trinajstić information content (AvgIpc) is 2.32. The van der Waals surface area contributed by atoms with E-state index in [1.165, 1.54) is 6.42 Å². The van der Waals surface area contributed by atoms with Crippen LogP contribution >= 0.6 is 0 Å². The first-order chi connectivity index (χ1) is 7.29. The molecule has 90 valence electrons. The minimum absolute atomic E-state index is 0.138. The zero-order chi connectivity index (χ0) is 11.8. The Morgan fingerprint density at radius 2 is 1.67 bits per heavy atom. The van der Waals surface area contributed by atoms with Crippen LogP contribution in [0.15, 0.2) is 0 Å². The van der Waals surface area contributed by atoms with E-state index in [1.807, 2.05) is 27.7 Å². The number of piperidine rings is 1. The molecule has 3 rings (SSSR count). The van der Waals surface area contributed by atoms with Gasteiger partial charge in [-0.1, -0.05) is 27.7 Å². The van der Waals surface area contributed by atoms with Crippen molar-refractivity contribution in [3.8, 4) is 0 Å². The number of aliphatic hydroxyl groups excluding tert-OH is 1. The first-order valence-corrected chi connectivity index (χ1v) is 5.94. The maximum absolute atomic E-state index is 11.0. The molecule has 0 spiro atoms. The summed E-state index contributed by atoms with van der Waals surface area (Å²) in [6.07, 6.45) is 1.19. The second-order valence-electron chi connectivity index (χ2n) is 3.25. The summed E-state index contributed by atoms with van der Waals surface area (Å²) in [7, 11) is 0. The van der Waals surface area contributed by atoms with Crippen LogP contribution in [0.4, 0.5) is 0 Å². The van der Waals surface area contributed by atoms with Crippen molar-refractivity contribution in [2.75, 3.05) is 19.7 Å². The summed E-state index contributed by atoms with van der Waals surface area (Å²) in [4.78, 5) is 12.7. The van der Waals surface area contributed by atoms with Gasteiger partial charge in [0.25, 0.3) is 0 Å². The third-order valence-corrected chi connectivity index (χ3v) is 2.41. The molecule has 2 N–H and O–H groups in total. The fourth-order valence-electron chi connectivity index (χ4n) is 1.82. The van der Waals surface area contributed by atoms with Gasteiger partial charge in [-0.25, -0.2) is 0 Å². The molecule has 3 heterocycles. The molecule has 0 saturated carbocycles. The molecule has 3 aliphatic rings. The highest BCUT2D eigenvalue weighted by Gasteiger charge is 2.37. The van der Waals surface area contributed by atoms with Crippen molar-refractivity contribution in [1.82, 2.24) is 10.2 Å². The lowest BCUT2D eigenvalue weighted by atomic mass is 9.91. The zero-order valence-electron chi connectivity index (χ0n) is 10.3. The number of hydrogen-bond donors (Lipinski definition) is 2. The Morgan fingerprint density at radius 1 is 1.27 bits per heavy atom. The molecule has 3 saturated heterocycles. The van der Waals surface area contributed by atoms with E-state index in [9.17, 15) is 4.79 Å². The van der Waals surface area contributed by atoms with Crippen LogP contribution in [0.25, 0.3) is 0 Å². The van der Waals surface area contributed by atoms with E-state index in [0.29, 0.717) is 12.1 Å². The van der Waals surface area contributed by atoms with Gasteiger partial charge in [0.2, 0.25) is 5.91 Å². The highest BCUT2D eigenvalue weighted by molar-refractivity contribution is 5.77. The lowest BCUT2D eigenvalue weighted by molar-refractivity contribution is -0.138. The molecule has 4 nitrogen and oxygen atoms in total. The molecule has 0 aliphatic carbocycles. The number of aliphatic hydroxyl groups is 1. The number of hydrogen-bond acceptors (Lipinski definition) is 3. The average molecular weight is 216 g/mol. The van der Waals surface area contributed by atoms with Gasteiger partial charge < -0.3 is 15.3 Å². The lowest BCUT2D eigenvalue weighted by Crippen LogP contribution is -2.67. The molecule has 4 heteroatoms. The van der Waals surface area contributed by atoms with Crippen LogP contribution < -0.4 is 5.32 Å². The van der Waals surface area contributed by atoms with Gasteiger partial charge >= 0.3 is 0 Å². The molecule has 2 unspecified atom stereocenters. The fraction of sp³-hybridized carbons (Fsp3) is 0.909. The number of carbonyl (C=O) groups is 1. The largest absolute Gasteiger partial charge is 0.387 e. The smallest absolute Gasteiger partial charge is 0.248 e. The number of nitrogens with one attached hydrogen (secondary N) is 1. The van der Waals surface area contributed by atoms with Gasteiger partial charge in [-0.3, -0.25) is 4.79 Å². The predicted molar refractivity (Wildman–Crippen MR) is 61.7 cm³/mol. The van der Waals surface area contributed by atoms with Crippen LogP contribution in [0.5, 0.6) is 0 Å². The van der Waals surface area contributed by atoms with E-state index >= 15 is 0 Å². The van der Waals surface area contributed by atoms with Crippen molar-refractivity contribution in [2.24, 2.45) is 0 Å². The number of piperazine rings is 1. The van der Waals surface area contributed by atoms with Gasteiger partial charge in [0.05, 0.1) is 0 Å². The first kappa shape index (κ1) is 14.4. The molecule has 1 amide bonds. The zero-order valence-corrected chi connectivity index (χ0v) is 10.3. The summed E-state index contributed by atoms with van der Waals surface area (Å²) in [6, 6.07) is 0.980. The Balaban J connectivity index is 0.000000442. The van der Waals surface area contributed by atoms with Crippen molar-refractivity contribution < 1.29 is 9.90 Å². The highest BCUT2D eigenvalue weighted by Crippen LogP contribution is 2.20. The Kier molecular flexibility index (Phi) is 7.34. The second kappa shape index (κ2) is 7.65. The Hall–Kier alpha value is -0.610. The van der Waals surface area contributed by atoms with E-state index in [0.717, 1.165) is 13.1 Å². The van der Waals surface area contributed by atoms with Gasteiger partial charge in [-0.2, -0.15) is 0 Å². The van der Waals surface area contributed by atoms with Crippen LogP contribution in [0.2, 0.25) is 0 Å². The summed E-state index contributed by atoms with van der Waals surface area (Å²) >= 11 is 0. The molecule has 0 radical (unpaired) electrons. The first-order valence-electron chi connectivity index (χ1n) is 5.94. The quantitative estimate of drug-likeness (QED) is 0.675. The Labute approximate surface area is 92.7 Å². The van der Waals surface area contributed by atoms with Gasteiger partial charge in [0.15, 0.2) is 0 Å². The molecule has 0 aromatic rings. The van der Waals surface area contributed by atoms with E-state index in [1.54, 1.807) is 4.90 Å². The summed E-state index contributed by atoms with van der Waals surface area (Å²) < 4.78 is 0. The van der Waals surface area contributed by atoms with E-state index in [4.69, 9.17) is 5.11 Å². The molecule has 0 aromatic carbocycles. The molecule has 15 heavy (non-hydrogen) atoms. The van der Waals surface area contributed by atoms with Gasteiger partial charge in [0.1, 0.15) is 6.61 Å². The third-order valence-electron chi connectivity index (χ3n) is 2.41. The van der Waals surface area contributed by atoms with Crippen LogP contribution in [0, 0.1) is 0 Å². The Morgan fingerprint density at radius 3 is 2.00 bits per heavy atom. The molecule has 0 aromatic heterocycles. The highest BCUT2D eigenvalue weighted by atomic mass is 16.3. The van der Waals surface area contributed by atoms with Gasteiger partial charge in [-0.15, -0.1) is 0 Å². The van der Waals surface area contributed by atoms with Crippen LogP contribution in [-0.4, -0.2) is 47.7 Å². The summed E-state index contributed by atoms with van der Waals surface area (Å²) in [5.74, 6) is -0.138. The fourth-order valence-corrected chi connectivity index (χ4v) is 1.82. The van der Waals surface area contributed by atoms with Gasteiger partial charge in [-0.05, 0) is 6.42 Å². The van der Waals surface area contributed by atoms with Crippen LogP contribution in [-0.2, 0) is 4.79 Å². The number of carbonyl (C=O) groups excluding carboxylic acids is 1. The summed E-state index contributed by atoms with van der Waals surface area (Å²) in [5.41, 5.74) is 0. The third kappa shape index (κ3) is 3.80. The minimum Gasteiger partial charge on any atom is -0.387 e. The van der Waals surface area contributed by atoms with Gasteiger partial charge in [0, 0.05) is 25.2 Å². The standard InChI is InChI=1S/C7H12N2O2.2C2H6/c10-4-7(11)9-2-5-1-6(3-9)8-5;2*1-2/h5-6,8,10H,1-4H2;2*1-2H3. The van der Waals surface area contributed by atoms with Crippen molar-refractivity contribution in [3.05, 3.63) is 0 Å². The van der Waals surface area contributed by atoms with E-state index < -0.39 is 0 Å². The maximum atomic E-state index is 11.0. The predicted octanol–water partition coefficient (Wildman–Crippen LogP) is 0.604. The molecule has 3 fully saturated rings. The summed E-state index contributed by atoms with van der Waals surface area (Å²) in [5, 5.41) is 11.9. The van der Waals surface area contributed by atoms with E-state index in [-0.39, 0.29) is 12.5 Å². The molecule has 3 aliphatic heterocycles. The Bertz CT molecular complexity index is 169. The number of nitrogens with zero attached hydrogens (tertiary/aromatic N) is 1. The van der Waals surface area contributed by atoms with Crippen molar-refractivity contribution in [3.63, 3.8) is 0 Å². The number of amides is 1. The van der Waals surface area contributed by atoms with Crippen LogP contribution in [0.3, 0.4) is 0 Å². The SMILES string of the molecule is CC.CC.O=C(CO)N1CC2CC(C1)N2. The van der Waals surface area contributed by atoms with Crippen molar-refractivity contribution in [2.45, 2.75) is 46.2 Å². The van der Waals surface area contributed by atoms with E-state index in [2.05, 4.69) is 5.32 Å². The monoisotopic (exact) mass is 216 g/mol. The molecular weight excluding hydrogens is 192 g/mol. The van der Waals surface area contributed by atoms with Crippen LogP contribution in [0.1, 0.15) is 34.1 Å². The maximum Gasteiger partial charge on any atom is 0.248 e. The molecule has 2 bridgehead atoms.